The molecule has 1 saturated heterocycles. The van der Waals surface area contributed by atoms with Gasteiger partial charge in [-0.15, -0.1) is 11.8 Å². The van der Waals surface area contributed by atoms with Crippen molar-refractivity contribution in [1.29, 1.82) is 0 Å². The van der Waals surface area contributed by atoms with Crippen LogP contribution in [0.2, 0.25) is 0 Å². The molecule has 1 heterocycles. The van der Waals surface area contributed by atoms with Crippen LogP contribution in [-0.4, -0.2) is 47.2 Å². The second kappa shape index (κ2) is 6.71. The van der Waals surface area contributed by atoms with Gasteiger partial charge in [-0.05, 0) is 19.1 Å². The molecule has 1 aliphatic heterocycles. The molecule has 1 aliphatic rings. The van der Waals surface area contributed by atoms with E-state index in [-0.39, 0.29) is 17.6 Å². The lowest BCUT2D eigenvalue weighted by molar-refractivity contribution is -0.384. The molecule has 6 nitrogen and oxygen atoms in total. The first-order chi connectivity index (χ1) is 9.58. The third-order valence-electron chi connectivity index (χ3n) is 3.23. The predicted molar refractivity (Wildman–Crippen MR) is 77.9 cm³/mol. The zero-order valence-electron chi connectivity index (χ0n) is 11.2. The van der Waals surface area contributed by atoms with Crippen LogP contribution in [-0.2, 0) is 4.79 Å². The second-order valence-corrected chi connectivity index (χ2v) is 5.73. The monoisotopic (exact) mass is 295 g/mol. The highest BCUT2D eigenvalue weighted by Crippen LogP contribution is 2.22. The summed E-state index contributed by atoms with van der Waals surface area (Å²) in [5.41, 5.74) is 0.0661. The van der Waals surface area contributed by atoms with Crippen molar-refractivity contribution >= 4 is 23.4 Å². The van der Waals surface area contributed by atoms with Crippen molar-refractivity contribution in [3.63, 3.8) is 0 Å². The van der Waals surface area contributed by atoms with E-state index in [1.165, 1.54) is 23.9 Å². The fourth-order valence-corrected chi connectivity index (χ4v) is 2.89. The number of rotatable bonds is 4. The highest BCUT2D eigenvalue weighted by molar-refractivity contribution is 8.00. The fraction of sp³-hybridized carbons (Fsp3) is 0.462. The van der Waals surface area contributed by atoms with E-state index in [1.807, 2.05) is 11.8 Å². The number of nitrogens with zero attached hydrogens (tertiary/aromatic N) is 2. The number of hydrogen-bond acceptors (Lipinski definition) is 5. The molecule has 1 fully saturated rings. The van der Waals surface area contributed by atoms with Crippen LogP contribution in [0, 0.1) is 10.1 Å². The normalized spacial score (nSPS) is 18.9. The molecule has 0 radical (unpaired) electrons. The maximum absolute atomic E-state index is 12.1. The van der Waals surface area contributed by atoms with Crippen molar-refractivity contribution in [2.45, 2.75) is 17.9 Å². The van der Waals surface area contributed by atoms with Gasteiger partial charge >= 0.3 is 0 Å². The molecule has 20 heavy (non-hydrogen) atoms. The molecule has 1 atom stereocenters. The average molecular weight is 295 g/mol. The number of thioether (sulfide) groups is 1. The van der Waals surface area contributed by atoms with E-state index in [2.05, 4.69) is 5.32 Å². The summed E-state index contributed by atoms with van der Waals surface area (Å²) in [6.07, 6.45) is 0. The Morgan fingerprint density at radius 2 is 2.20 bits per heavy atom. The summed E-state index contributed by atoms with van der Waals surface area (Å²) in [7, 11) is 0. The minimum atomic E-state index is -0.429. The number of nitro benzene ring substituents is 1. The summed E-state index contributed by atoms with van der Waals surface area (Å²) in [5.74, 6) is 0.477. The topological polar surface area (TPSA) is 75.5 Å². The van der Waals surface area contributed by atoms with Gasteiger partial charge in [-0.2, -0.15) is 0 Å². The van der Waals surface area contributed by atoms with Crippen LogP contribution in [0.25, 0.3) is 0 Å². The molecule has 0 aromatic heterocycles. The van der Waals surface area contributed by atoms with Gasteiger partial charge in [0.15, 0.2) is 0 Å². The average Bonchev–Trinajstić information content (AvgIpc) is 2.45. The van der Waals surface area contributed by atoms with E-state index < -0.39 is 4.92 Å². The Morgan fingerprint density at radius 3 is 2.80 bits per heavy atom. The SMILES string of the molecule is CC1CNCCN1C(=O)CSc1ccc([N+](=O)[O-])cc1. The van der Waals surface area contributed by atoms with Gasteiger partial charge in [0.25, 0.3) is 5.69 Å². The van der Waals surface area contributed by atoms with Gasteiger partial charge < -0.3 is 10.2 Å². The molecule has 0 saturated carbocycles. The summed E-state index contributed by atoms with van der Waals surface area (Å²) in [5, 5.41) is 13.8. The van der Waals surface area contributed by atoms with Gasteiger partial charge in [0.1, 0.15) is 0 Å². The number of piperazine rings is 1. The van der Waals surface area contributed by atoms with Gasteiger partial charge in [0, 0.05) is 42.7 Å². The number of hydrogen-bond donors (Lipinski definition) is 1. The number of nitrogens with one attached hydrogen (secondary N) is 1. The molecule has 1 N–H and O–H groups in total. The lowest BCUT2D eigenvalue weighted by atomic mass is 10.2. The molecule has 1 aromatic carbocycles. The molecular formula is C13H17N3O3S. The Hall–Kier alpha value is -1.60. The number of carbonyl (C=O) groups is 1. The van der Waals surface area contributed by atoms with E-state index in [9.17, 15) is 14.9 Å². The maximum Gasteiger partial charge on any atom is 0.269 e. The first-order valence-electron chi connectivity index (χ1n) is 6.45. The number of carbonyl (C=O) groups excluding carboxylic acids is 1. The molecule has 0 spiro atoms. The van der Waals surface area contributed by atoms with Crippen LogP contribution >= 0.6 is 11.8 Å². The van der Waals surface area contributed by atoms with Crippen LogP contribution in [0.3, 0.4) is 0 Å². The molecule has 108 valence electrons. The van der Waals surface area contributed by atoms with Crippen molar-refractivity contribution < 1.29 is 9.72 Å². The van der Waals surface area contributed by atoms with Crippen molar-refractivity contribution in [2.24, 2.45) is 0 Å². The Balaban J connectivity index is 1.88. The van der Waals surface area contributed by atoms with Crippen LogP contribution in [0.5, 0.6) is 0 Å². The molecule has 2 rings (SSSR count). The molecule has 1 amide bonds. The maximum atomic E-state index is 12.1. The van der Waals surface area contributed by atoms with Crippen LogP contribution in [0.1, 0.15) is 6.92 Å². The van der Waals surface area contributed by atoms with Crippen LogP contribution < -0.4 is 5.32 Å². The quantitative estimate of drug-likeness (QED) is 0.517. The summed E-state index contributed by atoms with van der Waals surface area (Å²) in [4.78, 5) is 25.0. The molecule has 1 aromatic rings. The number of benzene rings is 1. The minimum absolute atomic E-state index is 0.0661. The predicted octanol–water partition coefficient (Wildman–Crippen LogP) is 1.51. The molecular weight excluding hydrogens is 278 g/mol. The first kappa shape index (κ1) is 14.8. The standard InChI is InChI=1S/C13H17N3O3S/c1-10-8-14-6-7-15(10)13(17)9-20-12-4-2-11(3-5-12)16(18)19/h2-5,10,14H,6-9H2,1H3. The van der Waals surface area contributed by atoms with E-state index in [0.717, 1.165) is 24.5 Å². The van der Waals surface area contributed by atoms with Crippen LogP contribution in [0.15, 0.2) is 29.2 Å². The van der Waals surface area contributed by atoms with Gasteiger partial charge in [0.2, 0.25) is 5.91 Å². The summed E-state index contributed by atoms with van der Waals surface area (Å²) in [6.45, 7) is 4.42. The Bertz CT molecular complexity index is 492. The third kappa shape index (κ3) is 3.71. The van der Waals surface area contributed by atoms with Crippen molar-refractivity contribution in [3.05, 3.63) is 34.4 Å². The largest absolute Gasteiger partial charge is 0.337 e. The van der Waals surface area contributed by atoms with E-state index in [0.29, 0.717) is 5.75 Å². The smallest absolute Gasteiger partial charge is 0.269 e. The first-order valence-corrected chi connectivity index (χ1v) is 7.44. The molecule has 1 unspecified atom stereocenters. The third-order valence-corrected chi connectivity index (χ3v) is 4.23. The number of non-ortho nitro benzene ring substituents is 1. The lowest BCUT2D eigenvalue weighted by Crippen LogP contribution is -2.52. The Morgan fingerprint density at radius 1 is 1.50 bits per heavy atom. The summed E-state index contributed by atoms with van der Waals surface area (Å²) < 4.78 is 0. The van der Waals surface area contributed by atoms with Gasteiger partial charge in [-0.3, -0.25) is 14.9 Å². The van der Waals surface area contributed by atoms with Crippen LogP contribution in [0.4, 0.5) is 5.69 Å². The van der Waals surface area contributed by atoms with E-state index in [4.69, 9.17) is 0 Å². The van der Waals surface area contributed by atoms with Crippen molar-refractivity contribution in [2.75, 3.05) is 25.4 Å². The number of nitro groups is 1. The Labute approximate surface area is 121 Å². The Kier molecular flexibility index (Phi) is 4.97. The zero-order valence-corrected chi connectivity index (χ0v) is 12.1. The lowest BCUT2D eigenvalue weighted by Gasteiger charge is -2.33. The second-order valence-electron chi connectivity index (χ2n) is 4.68. The zero-order chi connectivity index (χ0) is 14.5. The highest BCUT2D eigenvalue weighted by Gasteiger charge is 2.22. The minimum Gasteiger partial charge on any atom is -0.337 e. The fourth-order valence-electron chi connectivity index (χ4n) is 2.10. The molecule has 0 bridgehead atoms. The molecule has 0 aliphatic carbocycles. The van der Waals surface area contributed by atoms with Crippen molar-refractivity contribution in [3.8, 4) is 0 Å². The van der Waals surface area contributed by atoms with Gasteiger partial charge in [-0.25, -0.2) is 0 Å². The van der Waals surface area contributed by atoms with Crippen molar-refractivity contribution in [1.82, 2.24) is 10.2 Å². The van der Waals surface area contributed by atoms with Gasteiger partial charge in [0.05, 0.1) is 10.7 Å². The summed E-state index contributed by atoms with van der Waals surface area (Å²) >= 11 is 1.41. The number of amides is 1. The molecule has 7 heteroatoms. The van der Waals surface area contributed by atoms with Gasteiger partial charge in [-0.1, -0.05) is 0 Å². The van der Waals surface area contributed by atoms with E-state index in [1.54, 1.807) is 12.1 Å². The van der Waals surface area contributed by atoms with E-state index >= 15 is 0 Å². The summed E-state index contributed by atoms with van der Waals surface area (Å²) in [6, 6.07) is 6.49. The highest BCUT2D eigenvalue weighted by atomic mass is 32.2.